The Morgan fingerprint density at radius 3 is 2.67 bits per heavy atom. The number of amides is 1. The number of ether oxygens (including phenoxy) is 3. The molecule has 3 heterocycles. The largest absolute Gasteiger partial charge is 0.488 e. The van der Waals surface area contributed by atoms with Gasteiger partial charge in [0, 0.05) is 31.7 Å². The first-order valence-corrected chi connectivity index (χ1v) is 15.1. The molecule has 1 aliphatic carbocycles. The molecule has 0 bridgehead atoms. The van der Waals surface area contributed by atoms with Crippen molar-refractivity contribution in [2.45, 2.75) is 66.2 Å². The van der Waals surface area contributed by atoms with E-state index in [1.54, 1.807) is 4.90 Å². The van der Waals surface area contributed by atoms with Crippen molar-refractivity contribution < 1.29 is 23.8 Å². The number of methoxy groups -OCH3 is 1. The Labute approximate surface area is 254 Å². The van der Waals surface area contributed by atoms with Crippen LogP contribution >= 0.6 is 0 Å². The summed E-state index contributed by atoms with van der Waals surface area (Å²) in [5.41, 5.74) is 6.81. The van der Waals surface area contributed by atoms with Gasteiger partial charge in [-0.25, -0.2) is 9.78 Å². The van der Waals surface area contributed by atoms with E-state index in [2.05, 4.69) is 43.0 Å². The maximum absolute atomic E-state index is 12.6. The number of carbonyl (C=O) groups excluding carboxylic acids is 2. The molecule has 8 nitrogen and oxygen atoms in total. The molecule has 6 rings (SSSR count). The van der Waals surface area contributed by atoms with Crippen LogP contribution in [0.3, 0.4) is 0 Å². The highest BCUT2D eigenvalue weighted by molar-refractivity contribution is 5.83. The number of pyridine rings is 1. The second-order valence-corrected chi connectivity index (χ2v) is 13.2. The number of piperidine rings is 1. The van der Waals surface area contributed by atoms with E-state index in [-0.39, 0.29) is 17.5 Å². The van der Waals surface area contributed by atoms with E-state index in [1.807, 2.05) is 45.0 Å². The van der Waals surface area contributed by atoms with Gasteiger partial charge in [0.2, 0.25) is 0 Å². The number of fused-ring (bicyclic) bond motifs is 2. The first kappa shape index (κ1) is 29.0. The lowest BCUT2D eigenvalue weighted by Gasteiger charge is -2.32. The van der Waals surface area contributed by atoms with Gasteiger partial charge in [-0.15, -0.1) is 0 Å². The molecule has 2 aliphatic heterocycles. The number of anilines is 1. The molecule has 3 aromatic rings. The summed E-state index contributed by atoms with van der Waals surface area (Å²) in [5.74, 6) is 1.87. The molecule has 2 fully saturated rings. The summed E-state index contributed by atoms with van der Waals surface area (Å²) in [5, 5.41) is 0. The van der Waals surface area contributed by atoms with Crippen LogP contribution in [0, 0.1) is 25.2 Å². The van der Waals surface area contributed by atoms with Gasteiger partial charge >= 0.3 is 12.1 Å². The predicted octanol–water partition coefficient (Wildman–Crippen LogP) is 6.24. The highest BCUT2D eigenvalue weighted by atomic mass is 16.6. The van der Waals surface area contributed by atoms with Crippen LogP contribution in [0.5, 0.6) is 5.75 Å². The minimum atomic E-state index is -0.512. The second-order valence-electron chi connectivity index (χ2n) is 13.2. The third kappa shape index (κ3) is 5.67. The molecule has 1 saturated heterocycles. The van der Waals surface area contributed by atoms with Crippen molar-refractivity contribution in [1.82, 2.24) is 9.88 Å². The zero-order chi connectivity index (χ0) is 30.5. The predicted molar refractivity (Wildman–Crippen MR) is 165 cm³/mol. The van der Waals surface area contributed by atoms with Crippen LogP contribution in [0.1, 0.15) is 55.0 Å². The summed E-state index contributed by atoms with van der Waals surface area (Å²) in [6.45, 7) is 13.0. The van der Waals surface area contributed by atoms with Crippen LogP contribution in [-0.2, 0) is 33.8 Å². The molecule has 0 unspecified atom stereocenters. The van der Waals surface area contributed by atoms with Crippen molar-refractivity contribution in [2.75, 3.05) is 31.6 Å². The Bertz CT molecular complexity index is 1580. The molecule has 0 radical (unpaired) electrons. The third-order valence-corrected chi connectivity index (χ3v) is 9.04. The average Bonchev–Trinajstić information content (AvgIpc) is 3.55. The fourth-order valence-corrected chi connectivity index (χ4v) is 6.58. The normalized spacial score (nSPS) is 20.7. The number of carbonyl (C=O) groups is 2. The fourth-order valence-electron chi connectivity index (χ4n) is 6.58. The standard InChI is InChI=1S/C35H41N3O5/c1-22-10-13-30(28(16-22)29-8-7-9-31(36-29)38-19-26-17-35(26,21-38)32(39)41-6)42-20-25-12-11-24-18-37(15-14-27(24)23(25)2)33(40)43-34(3,4)5/h7-13,16,26H,14-15,17-21H2,1-6H3/t26-,35-/m0/s1. The Morgan fingerprint density at radius 2 is 1.91 bits per heavy atom. The van der Waals surface area contributed by atoms with Crippen molar-refractivity contribution in [2.24, 2.45) is 11.3 Å². The van der Waals surface area contributed by atoms with Gasteiger partial charge in [0.1, 0.15) is 23.8 Å². The number of aromatic nitrogens is 1. The van der Waals surface area contributed by atoms with Gasteiger partial charge in [-0.2, -0.15) is 0 Å². The van der Waals surface area contributed by atoms with Gasteiger partial charge in [-0.3, -0.25) is 4.79 Å². The van der Waals surface area contributed by atoms with Crippen LogP contribution in [0.15, 0.2) is 48.5 Å². The molecule has 2 aromatic carbocycles. The molecular weight excluding hydrogens is 542 g/mol. The zero-order valence-electron chi connectivity index (χ0n) is 26.0. The molecule has 0 spiro atoms. The van der Waals surface area contributed by atoms with E-state index < -0.39 is 5.60 Å². The Balaban J connectivity index is 1.18. The van der Waals surface area contributed by atoms with E-state index in [0.717, 1.165) is 58.9 Å². The summed E-state index contributed by atoms with van der Waals surface area (Å²) < 4.78 is 17.2. The summed E-state index contributed by atoms with van der Waals surface area (Å²) in [6, 6.07) is 16.4. The number of hydrogen-bond donors (Lipinski definition) is 0. The lowest BCUT2D eigenvalue weighted by atomic mass is 9.92. The van der Waals surface area contributed by atoms with Gasteiger partial charge < -0.3 is 24.0 Å². The topological polar surface area (TPSA) is 81.2 Å². The van der Waals surface area contributed by atoms with E-state index in [1.165, 1.54) is 18.2 Å². The monoisotopic (exact) mass is 583 g/mol. The van der Waals surface area contributed by atoms with Crippen LogP contribution < -0.4 is 9.64 Å². The molecule has 43 heavy (non-hydrogen) atoms. The second kappa shape index (κ2) is 10.9. The number of hydrogen-bond acceptors (Lipinski definition) is 7. The van der Waals surface area contributed by atoms with Gasteiger partial charge in [-0.1, -0.05) is 29.8 Å². The number of nitrogens with zero attached hydrogens (tertiary/aromatic N) is 3. The molecule has 1 amide bonds. The van der Waals surface area contributed by atoms with Crippen molar-refractivity contribution in [3.63, 3.8) is 0 Å². The van der Waals surface area contributed by atoms with Gasteiger partial charge in [0.15, 0.2) is 0 Å². The quantitative estimate of drug-likeness (QED) is 0.318. The average molecular weight is 584 g/mol. The molecule has 1 aromatic heterocycles. The molecule has 226 valence electrons. The third-order valence-electron chi connectivity index (χ3n) is 9.04. The summed E-state index contributed by atoms with van der Waals surface area (Å²) >= 11 is 0. The van der Waals surface area contributed by atoms with E-state index in [0.29, 0.717) is 32.2 Å². The van der Waals surface area contributed by atoms with Gasteiger partial charge in [0.25, 0.3) is 0 Å². The molecule has 2 atom stereocenters. The number of aryl methyl sites for hydroxylation is 1. The molecule has 1 saturated carbocycles. The lowest BCUT2D eigenvalue weighted by molar-refractivity contribution is -0.146. The van der Waals surface area contributed by atoms with Gasteiger partial charge in [-0.05, 0) is 99.9 Å². The Morgan fingerprint density at radius 1 is 1.09 bits per heavy atom. The minimum Gasteiger partial charge on any atom is -0.488 e. The van der Waals surface area contributed by atoms with E-state index in [4.69, 9.17) is 19.2 Å². The zero-order valence-corrected chi connectivity index (χ0v) is 26.0. The van der Waals surface area contributed by atoms with Crippen molar-refractivity contribution in [1.29, 1.82) is 0 Å². The summed E-state index contributed by atoms with van der Waals surface area (Å²) in [6.07, 6.45) is 1.42. The number of esters is 1. The van der Waals surface area contributed by atoms with Crippen molar-refractivity contribution in [3.05, 3.63) is 76.3 Å². The van der Waals surface area contributed by atoms with Crippen molar-refractivity contribution >= 4 is 17.9 Å². The Hall–Kier alpha value is -4.07. The van der Waals surface area contributed by atoms with Gasteiger partial charge in [0.05, 0.1) is 18.2 Å². The maximum Gasteiger partial charge on any atom is 0.410 e. The number of rotatable bonds is 6. The number of benzene rings is 2. The molecule has 8 heteroatoms. The highest BCUT2D eigenvalue weighted by Crippen LogP contribution is 2.59. The smallest absolute Gasteiger partial charge is 0.410 e. The first-order valence-electron chi connectivity index (χ1n) is 15.1. The molecule has 3 aliphatic rings. The van der Waals surface area contributed by atoms with Crippen LogP contribution in [0.25, 0.3) is 11.3 Å². The van der Waals surface area contributed by atoms with E-state index in [9.17, 15) is 9.59 Å². The maximum atomic E-state index is 12.6. The minimum absolute atomic E-state index is 0.108. The molecule has 0 N–H and O–H groups in total. The van der Waals surface area contributed by atoms with E-state index >= 15 is 0 Å². The SMILES string of the molecule is COC(=O)[C@]12C[C@H]1CN(c1cccc(-c3cc(C)ccc3OCc3ccc4c(c3C)CCN(C(=O)OC(C)(C)C)C4)n1)C2. The van der Waals surface area contributed by atoms with Crippen LogP contribution in [0.2, 0.25) is 0 Å². The molecular formula is C35H41N3O5. The fraction of sp³-hybridized carbons (Fsp3) is 0.457. The first-order chi connectivity index (χ1) is 20.5. The highest BCUT2D eigenvalue weighted by Gasteiger charge is 2.66. The van der Waals surface area contributed by atoms with Crippen LogP contribution in [0.4, 0.5) is 10.6 Å². The van der Waals surface area contributed by atoms with Crippen LogP contribution in [-0.4, -0.2) is 54.3 Å². The lowest BCUT2D eigenvalue weighted by Crippen LogP contribution is -2.40. The Kier molecular flexibility index (Phi) is 7.35. The summed E-state index contributed by atoms with van der Waals surface area (Å²) in [4.78, 5) is 34.0. The summed E-state index contributed by atoms with van der Waals surface area (Å²) in [7, 11) is 1.47. The van der Waals surface area contributed by atoms with Crippen molar-refractivity contribution in [3.8, 4) is 17.0 Å².